The number of rotatable bonds is 4. The highest BCUT2D eigenvalue weighted by Crippen LogP contribution is 2.38. The average molecular weight is 354 g/mol. The molecule has 1 aliphatic heterocycles. The molecule has 1 unspecified atom stereocenters. The summed E-state index contributed by atoms with van der Waals surface area (Å²) in [6, 6.07) is 7.63. The Bertz CT molecular complexity index is 541. The summed E-state index contributed by atoms with van der Waals surface area (Å²) in [7, 11) is 0. The molecule has 1 atom stereocenters. The molecule has 0 spiro atoms. The summed E-state index contributed by atoms with van der Waals surface area (Å²) in [5.74, 6) is -0.780. The van der Waals surface area contributed by atoms with Crippen LogP contribution in [0.15, 0.2) is 28.7 Å². The summed E-state index contributed by atoms with van der Waals surface area (Å²) < 4.78 is 0.976. The summed E-state index contributed by atoms with van der Waals surface area (Å²) in [4.78, 5) is 25.6. The molecule has 5 heteroatoms. The Balaban J connectivity index is 2.05. The predicted molar refractivity (Wildman–Crippen MR) is 83.9 cm³/mol. The molecule has 1 heterocycles. The quantitative estimate of drug-likeness (QED) is 0.905. The molecule has 0 aromatic heterocycles. The van der Waals surface area contributed by atoms with Gasteiger partial charge in [0.2, 0.25) is 5.91 Å². The van der Waals surface area contributed by atoms with Crippen LogP contribution in [-0.4, -0.2) is 35.0 Å². The van der Waals surface area contributed by atoms with E-state index in [4.69, 9.17) is 0 Å². The topological polar surface area (TPSA) is 57.6 Å². The molecule has 1 fully saturated rings. The molecule has 1 saturated heterocycles. The van der Waals surface area contributed by atoms with Crippen molar-refractivity contribution in [3.63, 3.8) is 0 Å². The first-order chi connectivity index (χ1) is 9.85. The van der Waals surface area contributed by atoms with E-state index in [0.717, 1.165) is 10.0 Å². The van der Waals surface area contributed by atoms with Crippen molar-refractivity contribution in [3.05, 3.63) is 34.3 Å². The van der Waals surface area contributed by atoms with Crippen molar-refractivity contribution in [1.82, 2.24) is 4.90 Å². The third-order valence-electron chi connectivity index (χ3n) is 4.45. The molecule has 0 saturated carbocycles. The third-order valence-corrected chi connectivity index (χ3v) is 4.98. The Kier molecular flexibility index (Phi) is 4.71. The van der Waals surface area contributed by atoms with E-state index in [1.54, 1.807) is 4.90 Å². The van der Waals surface area contributed by atoms with Crippen LogP contribution in [0.1, 0.15) is 25.8 Å². The van der Waals surface area contributed by atoms with Crippen molar-refractivity contribution in [3.8, 4) is 0 Å². The van der Waals surface area contributed by atoms with Crippen LogP contribution in [0.25, 0.3) is 0 Å². The highest BCUT2D eigenvalue weighted by atomic mass is 79.9. The first-order valence-corrected chi connectivity index (χ1v) is 7.90. The molecule has 0 aliphatic carbocycles. The number of hydrogen-bond donors (Lipinski definition) is 1. The number of amides is 1. The van der Waals surface area contributed by atoms with E-state index in [2.05, 4.69) is 15.9 Å². The largest absolute Gasteiger partial charge is 0.481 e. The molecule has 1 aromatic carbocycles. The Hall–Kier alpha value is -1.36. The van der Waals surface area contributed by atoms with Crippen molar-refractivity contribution >= 4 is 27.8 Å². The van der Waals surface area contributed by atoms with Gasteiger partial charge in [-0.3, -0.25) is 9.59 Å². The van der Waals surface area contributed by atoms with Crippen LogP contribution in [0.5, 0.6) is 0 Å². The van der Waals surface area contributed by atoms with E-state index in [1.807, 2.05) is 38.1 Å². The number of carboxylic acids is 1. The first kappa shape index (κ1) is 16.0. The highest BCUT2D eigenvalue weighted by Gasteiger charge is 2.48. The van der Waals surface area contributed by atoms with E-state index in [9.17, 15) is 14.7 Å². The van der Waals surface area contributed by atoms with Gasteiger partial charge in [0.05, 0.1) is 11.8 Å². The number of carbonyl (C=O) groups excluding carboxylic acids is 1. The van der Waals surface area contributed by atoms with Crippen molar-refractivity contribution in [2.24, 2.45) is 11.3 Å². The molecule has 21 heavy (non-hydrogen) atoms. The summed E-state index contributed by atoms with van der Waals surface area (Å²) in [6.07, 6.45) is 0.854. The van der Waals surface area contributed by atoms with Gasteiger partial charge in [-0.05, 0) is 30.0 Å². The number of carbonyl (C=O) groups is 2. The van der Waals surface area contributed by atoms with Gasteiger partial charge in [-0.25, -0.2) is 0 Å². The number of halogens is 1. The van der Waals surface area contributed by atoms with Crippen molar-refractivity contribution in [2.45, 2.75) is 26.7 Å². The number of carboxylic acid groups (broad SMARTS) is 1. The molecule has 4 nitrogen and oxygen atoms in total. The number of aliphatic carboxylic acids is 1. The molecular formula is C16H20BrNO3. The van der Waals surface area contributed by atoms with Gasteiger partial charge in [0.15, 0.2) is 0 Å². The molecule has 1 aromatic rings. The van der Waals surface area contributed by atoms with Gasteiger partial charge in [0.25, 0.3) is 0 Å². The fourth-order valence-corrected chi connectivity index (χ4v) is 3.09. The molecule has 1 aliphatic rings. The minimum absolute atomic E-state index is 0.00102. The summed E-state index contributed by atoms with van der Waals surface area (Å²) in [5.41, 5.74) is 0.149. The van der Waals surface area contributed by atoms with Gasteiger partial charge in [0, 0.05) is 17.6 Å². The Labute approximate surface area is 133 Å². The second-order valence-electron chi connectivity index (χ2n) is 5.98. The van der Waals surface area contributed by atoms with Crippen molar-refractivity contribution in [1.29, 1.82) is 0 Å². The van der Waals surface area contributed by atoms with Crippen LogP contribution in [-0.2, 0) is 16.0 Å². The van der Waals surface area contributed by atoms with Crippen molar-refractivity contribution < 1.29 is 14.7 Å². The smallest absolute Gasteiger partial charge is 0.311 e. The van der Waals surface area contributed by atoms with Crippen LogP contribution in [0.3, 0.4) is 0 Å². The lowest BCUT2D eigenvalue weighted by Crippen LogP contribution is -2.41. The van der Waals surface area contributed by atoms with E-state index in [1.165, 1.54) is 0 Å². The van der Waals surface area contributed by atoms with Gasteiger partial charge >= 0.3 is 5.97 Å². The van der Waals surface area contributed by atoms with E-state index in [-0.39, 0.29) is 11.8 Å². The maximum absolute atomic E-state index is 12.4. The number of hydrogen-bond acceptors (Lipinski definition) is 2. The van der Waals surface area contributed by atoms with E-state index in [0.29, 0.717) is 25.9 Å². The summed E-state index contributed by atoms with van der Waals surface area (Å²) in [5, 5.41) is 9.51. The predicted octanol–water partition coefficient (Wildman–Crippen LogP) is 2.95. The van der Waals surface area contributed by atoms with E-state index < -0.39 is 11.4 Å². The Morgan fingerprint density at radius 3 is 2.43 bits per heavy atom. The highest BCUT2D eigenvalue weighted by molar-refractivity contribution is 9.10. The minimum atomic E-state index is -0.796. The average Bonchev–Trinajstić information content (AvgIpc) is 2.88. The lowest BCUT2D eigenvalue weighted by molar-refractivity contribution is -0.151. The Morgan fingerprint density at radius 1 is 1.33 bits per heavy atom. The second-order valence-corrected chi connectivity index (χ2v) is 6.90. The van der Waals surface area contributed by atoms with Gasteiger partial charge < -0.3 is 10.0 Å². The monoisotopic (exact) mass is 353 g/mol. The van der Waals surface area contributed by atoms with Gasteiger partial charge in [-0.1, -0.05) is 41.9 Å². The second kappa shape index (κ2) is 6.18. The number of nitrogens with zero attached hydrogens (tertiary/aromatic N) is 1. The van der Waals surface area contributed by atoms with Crippen LogP contribution in [0.4, 0.5) is 0 Å². The minimum Gasteiger partial charge on any atom is -0.481 e. The number of benzene rings is 1. The molecule has 0 radical (unpaired) electrons. The zero-order valence-electron chi connectivity index (χ0n) is 12.3. The van der Waals surface area contributed by atoms with Crippen LogP contribution < -0.4 is 0 Å². The fraction of sp³-hybridized carbons (Fsp3) is 0.500. The normalized spacial score (nSPS) is 21.8. The van der Waals surface area contributed by atoms with Crippen LogP contribution in [0.2, 0.25) is 0 Å². The SMILES string of the molecule is CC(C)C1(C(=O)O)CCN(C(=O)Cc2ccc(Br)cc2)C1. The first-order valence-electron chi connectivity index (χ1n) is 7.11. The summed E-state index contributed by atoms with van der Waals surface area (Å²) >= 11 is 3.36. The van der Waals surface area contributed by atoms with Gasteiger partial charge in [0.1, 0.15) is 0 Å². The van der Waals surface area contributed by atoms with E-state index >= 15 is 0 Å². The fourth-order valence-electron chi connectivity index (χ4n) is 2.83. The van der Waals surface area contributed by atoms with Crippen LogP contribution in [0, 0.1) is 11.3 Å². The molecular weight excluding hydrogens is 334 g/mol. The summed E-state index contributed by atoms with van der Waals surface area (Å²) in [6.45, 7) is 4.67. The molecule has 114 valence electrons. The zero-order chi connectivity index (χ0) is 15.6. The zero-order valence-corrected chi connectivity index (χ0v) is 13.9. The van der Waals surface area contributed by atoms with Gasteiger partial charge in [-0.2, -0.15) is 0 Å². The molecule has 1 amide bonds. The van der Waals surface area contributed by atoms with Crippen LogP contribution >= 0.6 is 15.9 Å². The molecule has 0 bridgehead atoms. The van der Waals surface area contributed by atoms with Crippen molar-refractivity contribution in [2.75, 3.05) is 13.1 Å². The third kappa shape index (κ3) is 3.28. The maximum Gasteiger partial charge on any atom is 0.311 e. The Morgan fingerprint density at radius 2 is 1.95 bits per heavy atom. The molecule has 2 rings (SSSR count). The molecule has 1 N–H and O–H groups in total. The lowest BCUT2D eigenvalue weighted by atomic mass is 9.76. The lowest BCUT2D eigenvalue weighted by Gasteiger charge is -2.28. The standard InChI is InChI=1S/C16H20BrNO3/c1-11(2)16(15(20)21)7-8-18(10-16)14(19)9-12-3-5-13(17)6-4-12/h3-6,11H,7-10H2,1-2H3,(H,20,21). The number of likely N-dealkylation sites (tertiary alicyclic amines) is 1. The van der Waals surface area contributed by atoms with Gasteiger partial charge in [-0.15, -0.1) is 0 Å². The maximum atomic E-state index is 12.4.